The molecule has 0 aliphatic carbocycles. The van der Waals surface area contributed by atoms with Crippen LogP contribution in [0.2, 0.25) is 0 Å². The maximum atomic E-state index is 13.5. The Labute approximate surface area is 224 Å². The predicted molar refractivity (Wildman–Crippen MR) is 145 cm³/mol. The number of fused-ring (bicyclic) bond motifs is 1. The molecule has 2 aliphatic rings. The number of amidine groups is 1. The van der Waals surface area contributed by atoms with Gasteiger partial charge in [0, 0.05) is 18.2 Å². The molecule has 196 valence electrons. The average molecular weight is 534 g/mol. The van der Waals surface area contributed by atoms with Gasteiger partial charge in [-0.05, 0) is 61.0 Å². The number of amides is 2. The van der Waals surface area contributed by atoms with Gasteiger partial charge in [0.1, 0.15) is 16.7 Å². The highest BCUT2D eigenvalue weighted by Crippen LogP contribution is 2.36. The van der Waals surface area contributed by atoms with Crippen molar-refractivity contribution >= 4 is 40.1 Å². The summed E-state index contributed by atoms with van der Waals surface area (Å²) < 4.78 is 21.6. The Bertz CT molecular complexity index is 1360. The normalized spacial score (nSPS) is 17.1. The number of benzene rings is 3. The molecule has 0 saturated carbocycles. The number of carbonyl (C=O) groups is 2. The van der Waals surface area contributed by atoms with Crippen LogP contribution in [0.25, 0.3) is 0 Å². The van der Waals surface area contributed by atoms with Crippen LogP contribution < -0.4 is 24.3 Å². The number of anilines is 1. The highest BCUT2D eigenvalue weighted by Gasteiger charge is 2.39. The van der Waals surface area contributed by atoms with Crippen LogP contribution in [0.5, 0.6) is 23.0 Å². The number of thioether (sulfide) groups is 1. The van der Waals surface area contributed by atoms with Gasteiger partial charge >= 0.3 is 0 Å². The van der Waals surface area contributed by atoms with Crippen LogP contribution in [0.3, 0.4) is 0 Å². The van der Waals surface area contributed by atoms with E-state index in [1.165, 1.54) is 11.8 Å². The van der Waals surface area contributed by atoms with E-state index in [0.717, 1.165) is 5.56 Å². The second-order valence-corrected chi connectivity index (χ2v) is 9.69. The first-order chi connectivity index (χ1) is 18.5. The van der Waals surface area contributed by atoms with Crippen molar-refractivity contribution in [1.29, 1.82) is 0 Å². The maximum Gasteiger partial charge on any atom is 0.242 e. The highest BCUT2D eigenvalue weighted by atomic mass is 32.2. The Morgan fingerprint density at radius 2 is 1.89 bits per heavy atom. The first kappa shape index (κ1) is 25.5. The van der Waals surface area contributed by atoms with E-state index in [4.69, 9.17) is 23.9 Å². The monoisotopic (exact) mass is 533 g/mol. The smallest absolute Gasteiger partial charge is 0.242 e. The molecular weight excluding hydrogens is 506 g/mol. The van der Waals surface area contributed by atoms with Crippen molar-refractivity contribution in [3.8, 4) is 23.0 Å². The van der Waals surface area contributed by atoms with E-state index in [-0.39, 0.29) is 31.6 Å². The molecule has 9 nitrogen and oxygen atoms in total. The van der Waals surface area contributed by atoms with E-state index < -0.39 is 5.25 Å². The molecule has 2 heterocycles. The third-order valence-electron chi connectivity index (χ3n) is 5.89. The summed E-state index contributed by atoms with van der Waals surface area (Å²) in [6, 6.07) is 20.0. The van der Waals surface area contributed by atoms with Crippen LogP contribution >= 0.6 is 11.8 Å². The molecular formula is C28H27N3O6S. The summed E-state index contributed by atoms with van der Waals surface area (Å²) in [6.07, 6.45) is 0.00162. The molecule has 38 heavy (non-hydrogen) atoms. The van der Waals surface area contributed by atoms with Gasteiger partial charge in [0.05, 0.1) is 25.9 Å². The summed E-state index contributed by atoms with van der Waals surface area (Å²) in [5.41, 5.74) is 2.15. The quantitative estimate of drug-likeness (QED) is 0.414. The number of hydrogen-bond donors (Lipinski definition) is 1. The van der Waals surface area contributed by atoms with Gasteiger partial charge in [-0.2, -0.15) is 0 Å². The number of hydrogen-bond acceptors (Lipinski definition) is 8. The van der Waals surface area contributed by atoms with Gasteiger partial charge in [-0.1, -0.05) is 23.9 Å². The Morgan fingerprint density at radius 1 is 1.08 bits per heavy atom. The molecule has 2 aliphatic heterocycles. The molecule has 1 atom stereocenters. The number of aliphatic imine (C=N–C) groups is 1. The number of nitrogens with one attached hydrogen (secondary N) is 1. The van der Waals surface area contributed by atoms with Crippen LogP contribution in [0.15, 0.2) is 71.7 Å². The van der Waals surface area contributed by atoms with Gasteiger partial charge in [-0.3, -0.25) is 14.5 Å². The van der Waals surface area contributed by atoms with Crippen LogP contribution in [-0.2, 0) is 16.1 Å². The fraction of sp³-hybridized carbons (Fsp3) is 0.250. The van der Waals surface area contributed by atoms with Gasteiger partial charge in [0.2, 0.25) is 18.6 Å². The summed E-state index contributed by atoms with van der Waals surface area (Å²) in [6.45, 7) is 2.88. The molecule has 0 aromatic heterocycles. The lowest BCUT2D eigenvalue weighted by Crippen LogP contribution is -2.33. The van der Waals surface area contributed by atoms with Gasteiger partial charge in [0.15, 0.2) is 16.7 Å². The van der Waals surface area contributed by atoms with Crippen LogP contribution in [0.1, 0.15) is 18.9 Å². The first-order valence-corrected chi connectivity index (χ1v) is 13.0. The molecule has 0 radical (unpaired) electrons. The van der Waals surface area contributed by atoms with E-state index >= 15 is 0 Å². The molecule has 0 bridgehead atoms. The zero-order valence-electron chi connectivity index (χ0n) is 21.0. The number of methoxy groups -OCH3 is 1. The Morgan fingerprint density at radius 3 is 2.68 bits per heavy atom. The molecule has 5 rings (SSSR count). The van der Waals surface area contributed by atoms with Crippen molar-refractivity contribution in [2.75, 3.05) is 25.8 Å². The second kappa shape index (κ2) is 11.5. The molecule has 10 heteroatoms. The van der Waals surface area contributed by atoms with Crippen molar-refractivity contribution in [2.45, 2.75) is 25.1 Å². The van der Waals surface area contributed by atoms with Crippen molar-refractivity contribution in [3.63, 3.8) is 0 Å². The molecule has 3 aromatic rings. The van der Waals surface area contributed by atoms with Crippen LogP contribution in [0, 0.1) is 0 Å². The van der Waals surface area contributed by atoms with E-state index in [2.05, 4.69) is 5.32 Å². The van der Waals surface area contributed by atoms with Crippen LogP contribution in [0.4, 0.5) is 11.4 Å². The third-order valence-corrected chi connectivity index (χ3v) is 7.07. The lowest BCUT2D eigenvalue weighted by molar-refractivity contribution is -0.128. The highest BCUT2D eigenvalue weighted by molar-refractivity contribution is 8.15. The molecule has 3 aromatic carbocycles. The summed E-state index contributed by atoms with van der Waals surface area (Å²) in [5, 5.41) is 2.78. The van der Waals surface area contributed by atoms with E-state index in [9.17, 15) is 9.59 Å². The lowest BCUT2D eigenvalue weighted by atomic mass is 10.1. The number of ether oxygens (including phenoxy) is 4. The molecule has 0 spiro atoms. The zero-order valence-corrected chi connectivity index (χ0v) is 21.8. The summed E-state index contributed by atoms with van der Waals surface area (Å²) >= 11 is 1.28. The molecule has 2 amide bonds. The van der Waals surface area contributed by atoms with E-state index in [1.54, 1.807) is 24.1 Å². The minimum Gasteiger partial charge on any atom is -0.497 e. The standard InChI is InChI=1S/C28H27N3O6S/c1-3-35-22-6-4-5-20(14-22)29-26(32)15-25-27(33)31(16-18-7-12-23-24(13-18)37-17-36-23)28(38-25)30-19-8-10-21(34-2)11-9-19/h4-14,25H,3,15-17H2,1-2H3,(H,29,32)/t25-/m0/s1. The largest absolute Gasteiger partial charge is 0.497 e. The second-order valence-electron chi connectivity index (χ2n) is 8.52. The fourth-order valence-electron chi connectivity index (χ4n) is 4.07. The average Bonchev–Trinajstić information content (AvgIpc) is 3.49. The minimum atomic E-state index is -0.615. The van der Waals surface area contributed by atoms with E-state index in [1.807, 2.05) is 61.5 Å². The van der Waals surface area contributed by atoms with Crippen molar-refractivity contribution in [1.82, 2.24) is 4.90 Å². The molecule has 1 saturated heterocycles. The third kappa shape index (κ3) is 5.86. The Balaban J connectivity index is 1.35. The number of nitrogens with zero attached hydrogens (tertiary/aromatic N) is 2. The van der Waals surface area contributed by atoms with Crippen molar-refractivity contribution in [2.24, 2.45) is 4.99 Å². The molecule has 1 fully saturated rings. The maximum absolute atomic E-state index is 13.5. The summed E-state index contributed by atoms with van der Waals surface area (Å²) in [4.78, 5) is 32.8. The van der Waals surface area contributed by atoms with Crippen molar-refractivity contribution < 1.29 is 28.5 Å². The van der Waals surface area contributed by atoms with Gasteiger partial charge in [-0.15, -0.1) is 0 Å². The van der Waals surface area contributed by atoms with Gasteiger partial charge in [0.25, 0.3) is 0 Å². The van der Waals surface area contributed by atoms with Crippen molar-refractivity contribution in [3.05, 3.63) is 72.3 Å². The molecule has 1 N–H and O–H groups in total. The Kier molecular flexibility index (Phi) is 7.69. The van der Waals surface area contributed by atoms with Gasteiger partial charge in [-0.25, -0.2) is 4.99 Å². The van der Waals surface area contributed by atoms with E-state index in [0.29, 0.717) is 46.1 Å². The van der Waals surface area contributed by atoms with Gasteiger partial charge < -0.3 is 24.3 Å². The topological polar surface area (TPSA) is 98.7 Å². The Hall–Kier alpha value is -4.18. The predicted octanol–water partition coefficient (Wildman–Crippen LogP) is 4.98. The fourth-order valence-corrected chi connectivity index (χ4v) is 5.23. The SMILES string of the molecule is CCOc1cccc(NC(=O)C[C@@H]2SC(=Nc3ccc(OC)cc3)N(Cc3ccc4c(c3)OCO4)C2=O)c1. The minimum absolute atomic E-state index is 0.00162. The molecule has 0 unspecified atom stereocenters. The number of rotatable bonds is 9. The summed E-state index contributed by atoms with van der Waals surface area (Å²) in [5.74, 6) is 2.24. The number of carbonyl (C=O) groups excluding carboxylic acids is 2. The lowest BCUT2D eigenvalue weighted by Gasteiger charge is -2.17. The zero-order chi connectivity index (χ0) is 26.5. The van der Waals surface area contributed by atoms with Crippen LogP contribution in [-0.4, -0.2) is 47.6 Å². The first-order valence-electron chi connectivity index (χ1n) is 12.1. The summed E-state index contributed by atoms with van der Waals surface area (Å²) in [7, 11) is 1.60.